The largest absolute Gasteiger partial charge is 0.444 e. The Balaban J connectivity index is 1.95. The van der Waals surface area contributed by atoms with Crippen molar-refractivity contribution in [2.75, 3.05) is 12.4 Å². The third-order valence-corrected chi connectivity index (χ3v) is 3.55. The van der Waals surface area contributed by atoms with Gasteiger partial charge in [-0.05, 0) is 50.1 Å². The van der Waals surface area contributed by atoms with Gasteiger partial charge in [0.15, 0.2) is 0 Å². The maximum absolute atomic E-state index is 12.1. The van der Waals surface area contributed by atoms with Gasteiger partial charge in [0.05, 0.1) is 0 Å². The molecule has 1 N–H and O–H groups in total. The summed E-state index contributed by atoms with van der Waals surface area (Å²) in [5, 5.41) is 2.83. The molecule has 142 valence electrons. The first kappa shape index (κ1) is 20.2. The predicted molar refractivity (Wildman–Crippen MR) is 108 cm³/mol. The molecule has 2 aromatic carbocycles. The first-order chi connectivity index (χ1) is 12.7. The molecule has 0 aromatic heterocycles. The predicted octanol–water partition coefficient (Wildman–Crippen LogP) is 4.71. The Kier molecular flexibility index (Phi) is 6.77. The van der Waals surface area contributed by atoms with Crippen molar-refractivity contribution in [2.24, 2.45) is 0 Å². The number of hydrogen-bond donors (Lipinski definition) is 1. The third-order valence-electron chi connectivity index (χ3n) is 3.55. The average molecular weight is 366 g/mol. The number of ether oxygens (including phenoxy) is 1. The first-order valence-electron chi connectivity index (χ1n) is 8.80. The molecule has 0 aliphatic rings. The quantitative estimate of drug-likeness (QED) is 0.780. The molecule has 5 nitrogen and oxygen atoms in total. The van der Waals surface area contributed by atoms with Gasteiger partial charge in [-0.1, -0.05) is 42.5 Å². The van der Waals surface area contributed by atoms with Crippen LogP contribution in [0.4, 0.5) is 10.5 Å². The molecule has 2 amide bonds. The van der Waals surface area contributed by atoms with Crippen LogP contribution in [0.15, 0.2) is 60.7 Å². The normalized spacial score (nSPS) is 11.3. The lowest BCUT2D eigenvalue weighted by Gasteiger charge is -2.24. The summed E-state index contributed by atoms with van der Waals surface area (Å²) in [6.07, 6.45) is 2.87. The molecule has 0 aliphatic heterocycles. The third kappa shape index (κ3) is 7.36. The smallest absolute Gasteiger partial charge is 0.410 e. The molecule has 0 saturated heterocycles. The molecule has 0 aliphatic carbocycles. The van der Waals surface area contributed by atoms with Crippen LogP contribution in [0.3, 0.4) is 0 Å². The van der Waals surface area contributed by atoms with Gasteiger partial charge in [-0.2, -0.15) is 0 Å². The SMILES string of the molecule is CN(Cc1cccc(NC(=O)/C=C/c2ccccc2)c1)C(=O)OC(C)(C)C. The summed E-state index contributed by atoms with van der Waals surface area (Å²) in [4.78, 5) is 25.7. The van der Waals surface area contributed by atoms with Gasteiger partial charge in [-0.15, -0.1) is 0 Å². The van der Waals surface area contributed by atoms with Crippen LogP contribution < -0.4 is 5.32 Å². The zero-order chi connectivity index (χ0) is 19.9. The van der Waals surface area contributed by atoms with E-state index in [1.807, 2.05) is 75.4 Å². The van der Waals surface area contributed by atoms with Crippen molar-refractivity contribution >= 4 is 23.8 Å². The monoisotopic (exact) mass is 366 g/mol. The number of hydrogen-bond acceptors (Lipinski definition) is 3. The molecule has 0 heterocycles. The van der Waals surface area contributed by atoms with E-state index in [2.05, 4.69) is 5.32 Å². The fourth-order valence-corrected chi connectivity index (χ4v) is 2.35. The fourth-order valence-electron chi connectivity index (χ4n) is 2.35. The van der Waals surface area contributed by atoms with Gasteiger partial charge in [0, 0.05) is 25.4 Å². The van der Waals surface area contributed by atoms with Crippen molar-refractivity contribution in [2.45, 2.75) is 32.9 Å². The molecule has 2 rings (SSSR count). The highest BCUT2D eigenvalue weighted by atomic mass is 16.6. The standard InChI is InChI=1S/C22H26N2O3/c1-22(2,3)27-21(26)24(4)16-18-11-8-12-19(15-18)23-20(25)14-13-17-9-6-5-7-10-17/h5-15H,16H2,1-4H3,(H,23,25)/b14-13+. The molecule has 0 saturated carbocycles. The second kappa shape index (κ2) is 9.03. The summed E-state index contributed by atoms with van der Waals surface area (Å²) in [6, 6.07) is 17.0. The Labute approximate surface area is 160 Å². The van der Waals surface area contributed by atoms with Gasteiger partial charge in [0.2, 0.25) is 5.91 Å². The van der Waals surface area contributed by atoms with E-state index in [9.17, 15) is 9.59 Å². The number of amides is 2. The van der Waals surface area contributed by atoms with Crippen LogP contribution in [0.2, 0.25) is 0 Å². The minimum Gasteiger partial charge on any atom is -0.444 e. The van der Waals surface area contributed by atoms with Crippen LogP contribution in [0.25, 0.3) is 6.08 Å². The average Bonchev–Trinajstić information content (AvgIpc) is 2.60. The van der Waals surface area contributed by atoms with E-state index in [4.69, 9.17) is 4.74 Å². The van der Waals surface area contributed by atoms with E-state index in [1.165, 1.54) is 11.0 Å². The number of rotatable bonds is 5. The highest BCUT2D eigenvalue weighted by Gasteiger charge is 2.19. The minimum absolute atomic E-state index is 0.212. The Morgan fingerprint density at radius 1 is 1.07 bits per heavy atom. The van der Waals surface area contributed by atoms with Crippen LogP contribution in [0.1, 0.15) is 31.9 Å². The van der Waals surface area contributed by atoms with Crippen LogP contribution in [0.5, 0.6) is 0 Å². The first-order valence-corrected chi connectivity index (χ1v) is 8.80. The van der Waals surface area contributed by atoms with E-state index in [0.29, 0.717) is 12.2 Å². The van der Waals surface area contributed by atoms with E-state index in [-0.39, 0.29) is 12.0 Å². The maximum atomic E-state index is 12.1. The molecular formula is C22H26N2O3. The van der Waals surface area contributed by atoms with Crippen molar-refractivity contribution < 1.29 is 14.3 Å². The molecule has 0 fully saturated rings. The number of anilines is 1. The number of benzene rings is 2. The Morgan fingerprint density at radius 3 is 2.44 bits per heavy atom. The molecule has 2 aromatic rings. The van der Waals surface area contributed by atoms with E-state index in [1.54, 1.807) is 13.1 Å². The van der Waals surface area contributed by atoms with Gasteiger partial charge in [-0.3, -0.25) is 4.79 Å². The molecular weight excluding hydrogens is 340 g/mol. The van der Waals surface area contributed by atoms with Gasteiger partial charge in [0.25, 0.3) is 0 Å². The lowest BCUT2D eigenvalue weighted by molar-refractivity contribution is -0.111. The lowest BCUT2D eigenvalue weighted by Crippen LogP contribution is -2.33. The molecule has 0 unspecified atom stereocenters. The van der Waals surface area contributed by atoms with Crippen molar-refractivity contribution in [3.63, 3.8) is 0 Å². The van der Waals surface area contributed by atoms with Crippen molar-refractivity contribution in [3.05, 3.63) is 71.8 Å². The highest BCUT2D eigenvalue weighted by Crippen LogP contribution is 2.15. The molecule has 5 heteroatoms. The summed E-state index contributed by atoms with van der Waals surface area (Å²) < 4.78 is 5.35. The van der Waals surface area contributed by atoms with E-state index >= 15 is 0 Å². The Bertz CT molecular complexity index is 808. The molecule has 0 atom stereocenters. The van der Waals surface area contributed by atoms with Crippen LogP contribution >= 0.6 is 0 Å². The van der Waals surface area contributed by atoms with Crippen LogP contribution in [-0.2, 0) is 16.1 Å². The van der Waals surface area contributed by atoms with Gasteiger partial charge < -0.3 is 15.0 Å². The Hall–Kier alpha value is -3.08. The highest BCUT2D eigenvalue weighted by molar-refractivity contribution is 6.01. The van der Waals surface area contributed by atoms with E-state index in [0.717, 1.165) is 11.1 Å². The van der Waals surface area contributed by atoms with Crippen LogP contribution in [0, 0.1) is 0 Å². The molecule has 27 heavy (non-hydrogen) atoms. The summed E-state index contributed by atoms with van der Waals surface area (Å²) >= 11 is 0. The minimum atomic E-state index is -0.535. The molecule has 0 radical (unpaired) electrons. The van der Waals surface area contributed by atoms with Crippen molar-refractivity contribution in [1.29, 1.82) is 0 Å². The number of carbonyl (C=O) groups excluding carboxylic acids is 2. The zero-order valence-electron chi connectivity index (χ0n) is 16.2. The maximum Gasteiger partial charge on any atom is 0.410 e. The number of nitrogens with one attached hydrogen (secondary N) is 1. The Morgan fingerprint density at radius 2 is 1.78 bits per heavy atom. The summed E-state index contributed by atoms with van der Waals surface area (Å²) in [5.74, 6) is -0.212. The zero-order valence-corrected chi connectivity index (χ0v) is 16.2. The number of nitrogens with zero attached hydrogens (tertiary/aromatic N) is 1. The topological polar surface area (TPSA) is 58.6 Å². The van der Waals surface area contributed by atoms with Gasteiger partial charge >= 0.3 is 6.09 Å². The van der Waals surface area contributed by atoms with Crippen molar-refractivity contribution in [1.82, 2.24) is 4.90 Å². The lowest BCUT2D eigenvalue weighted by atomic mass is 10.2. The summed E-state index contributed by atoms with van der Waals surface area (Å²) in [7, 11) is 1.68. The second-order valence-electron chi connectivity index (χ2n) is 7.27. The molecule has 0 spiro atoms. The van der Waals surface area contributed by atoms with Crippen molar-refractivity contribution in [3.8, 4) is 0 Å². The van der Waals surface area contributed by atoms with Gasteiger partial charge in [-0.25, -0.2) is 4.79 Å². The van der Waals surface area contributed by atoms with Gasteiger partial charge in [0.1, 0.15) is 5.60 Å². The second-order valence-corrected chi connectivity index (χ2v) is 7.27. The fraction of sp³-hybridized carbons (Fsp3) is 0.273. The summed E-state index contributed by atoms with van der Waals surface area (Å²) in [6.45, 7) is 5.88. The van der Waals surface area contributed by atoms with Crippen LogP contribution in [-0.4, -0.2) is 29.5 Å². The molecule has 0 bridgehead atoms. The number of carbonyl (C=O) groups is 2. The van der Waals surface area contributed by atoms with E-state index < -0.39 is 5.60 Å². The summed E-state index contributed by atoms with van der Waals surface area (Å²) in [5.41, 5.74) is 1.99.